The van der Waals surface area contributed by atoms with Gasteiger partial charge in [0.2, 0.25) is 5.91 Å². The van der Waals surface area contributed by atoms with E-state index < -0.39 is 0 Å². The van der Waals surface area contributed by atoms with Crippen molar-refractivity contribution in [3.8, 4) is 5.75 Å². The van der Waals surface area contributed by atoms with Crippen LogP contribution in [-0.2, 0) is 10.5 Å². The summed E-state index contributed by atoms with van der Waals surface area (Å²) in [6.07, 6.45) is 0. The minimum Gasteiger partial charge on any atom is -0.490 e. The maximum atomic E-state index is 12.4. The fourth-order valence-electron chi connectivity index (χ4n) is 3.11. The first-order valence-electron chi connectivity index (χ1n) is 9.51. The molecule has 0 aliphatic carbocycles. The molecule has 1 atom stereocenters. The van der Waals surface area contributed by atoms with Crippen LogP contribution in [0.5, 0.6) is 5.75 Å². The zero-order valence-corrected chi connectivity index (χ0v) is 17.9. The standard InChI is InChI=1S/C22H22N2O3S2/c1-3-26-17-9-6-7-15-11-18(27-22(15)17)14(2)23-20(25)12-28-13-21-24-16-8-4-5-10-19(16)29-21/h4-11,14H,3,12-13H2,1-2H3,(H,23,25). The Morgan fingerprint density at radius 2 is 2.14 bits per heavy atom. The normalized spacial score (nSPS) is 12.3. The summed E-state index contributed by atoms with van der Waals surface area (Å²) in [5.74, 6) is 2.53. The van der Waals surface area contributed by atoms with E-state index in [1.165, 1.54) is 4.70 Å². The van der Waals surface area contributed by atoms with Gasteiger partial charge in [0.25, 0.3) is 0 Å². The van der Waals surface area contributed by atoms with Crippen molar-refractivity contribution in [2.45, 2.75) is 25.6 Å². The number of hydrogen-bond donors (Lipinski definition) is 1. The third-order valence-corrected chi connectivity index (χ3v) is 6.59. The van der Waals surface area contributed by atoms with E-state index >= 15 is 0 Å². The number of furan rings is 1. The highest BCUT2D eigenvalue weighted by Gasteiger charge is 2.16. The summed E-state index contributed by atoms with van der Waals surface area (Å²) in [6.45, 7) is 4.44. The van der Waals surface area contributed by atoms with Crippen LogP contribution in [0.15, 0.2) is 52.9 Å². The minimum atomic E-state index is -0.215. The largest absolute Gasteiger partial charge is 0.490 e. The van der Waals surface area contributed by atoms with Crippen molar-refractivity contribution in [3.05, 3.63) is 59.3 Å². The van der Waals surface area contributed by atoms with Crippen LogP contribution in [0, 0.1) is 0 Å². The van der Waals surface area contributed by atoms with Crippen LogP contribution in [0.3, 0.4) is 0 Å². The molecule has 0 aliphatic rings. The number of amides is 1. The molecular formula is C22H22N2O3S2. The highest BCUT2D eigenvalue weighted by Crippen LogP contribution is 2.31. The molecule has 1 unspecified atom stereocenters. The topological polar surface area (TPSA) is 64.4 Å². The molecule has 0 saturated heterocycles. The monoisotopic (exact) mass is 426 g/mol. The maximum absolute atomic E-state index is 12.4. The quantitative estimate of drug-likeness (QED) is 0.400. The van der Waals surface area contributed by atoms with Gasteiger partial charge in [-0.1, -0.05) is 24.3 Å². The molecule has 0 spiro atoms. The molecule has 2 heterocycles. The van der Waals surface area contributed by atoms with Gasteiger partial charge in [-0.15, -0.1) is 23.1 Å². The van der Waals surface area contributed by atoms with E-state index in [-0.39, 0.29) is 11.9 Å². The summed E-state index contributed by atoms with van der Waals surface area (Å²) >= 11 is 3.24. The molecule has 150 valence electrons. The lowest BCUT2D eigenvalue weighted by molar-refractivity contribution is -0.119. The number of carbonyl (C=O) groups is 1. The smallest absolute Gasteiger partial charge is 0.230 e. The Balaban J connectivity index is 1.33. The highest BCUT2D eigenvalue weighted by molar-refractivity contribution is 7.99. The van der Waals surface area contributed by atoms with E-state index in [0.29, 0.717) is 12.4 Å². The number of thiazole rings is 1. The predicted molar refractivity (Wildman–Crippen MR) is 120 cm³/mol. The number of carbonyl (C=O) groups excluding carboxylic acids is 1. The van der Waals surface area contributed by atoms with Crippen LogP contribution < -0.4 is 10.1 Å². The Labute approximate surface area is 177 Å². The first-order valence-corrected chi connectivity index (χ1v) is 11.5. The Bertz CT molecular complexity index is 1100. The van der Waals surface area contributed by atoms with Crippen molar-refractivity contribution in [2.75, 3.05) is 12.4 Å². The van der Waals surface area contributed by atoms with E-state index in [4.69, 9.17) is 9.15 Å². The van der Waals surface area contributed by atoms with Gasteiger partial charge in [-0.2, -0.15) is 0 Å². The Morgan fingerprint density at radius 3 is 2.97 bits per heavy atom. The fourth-order valence-corrected chi connectivity index (χ4v) is 4.96. The second kappa shape index (κ2) is 8.88. The van der Waals surface area contributed by atoms with Crippen LogP contribution in [0.1, 0.15) is 30.7 Å². The van der Waals surface area contributed by atoms with Crippen molar-refractivity contribution in [1.29, 1.82) is 0 Å². The van der Waals surface area contributed by atoms with Crippen LogP contribution in [-0.4, -0.2) is 23.3 Å². The molecule has 4 aromatic rings. The second-order valence-electron chi connectivity index (χ2n) is 6.61. The summed E-state index contributed by atoms with van der Waals surface area (Å²) in [4.78, 5) is 17.0. The van der Waals surface area contributed by atoms with E-state index in [0.717, 1.165) is 38.8 Å². The molecule has 1 amide bonds. The molecule has 7 heteroatoms. The molecule has 2 aromatic carbocycles. The number of aromatic nitrogens is 1. The third-order valence-electron chi connectivity index (χ3n) is 4.43. The van der Waals surface area contributed by atoms with Gasteiger partial charge in [-0.25, -0.2) is 4.98 Å². The van der Waals surface area contributed by atoms with Crippen molar-refractivity contribution < 1.29 is 13.9 Å². The molecular weight excluding hydrogens is 404 g/mol. The number of nitrogens with zero attached hydrogens (tertiary/aromatic N) is 1. The number of nitrogens with one attached hydrogen (secondary N) is 1. The van der Waals surface area contributed by atoms with Crippen molar-refractivity contribution in [2.24, 2.45) is 0 Å². The molecule has 0 radical (unpaired) electrons. The molecule has 0 aliphatic heterocycles. The average Bonchev–Trinajstić information content (AvgIpc) is 3.32. The van der Waals surface area contributed by atoms with E-state index in [1.54, 1.807) is 23.1 Å². The van der Waals surface area contributed by atoms with E-state index in [1.807, 2.05) is 56.3 Å². The molecule has 0 bridgehead atoms. The summed E-state index contributed by atoms with van der Waals surface area (Å²) in [7, 11) is 0. The van der Waals surface area contributed by atoms with Gasteiger partial charge in [-0.3, -0.25) is 4.79 Å². The van der Waals surface area contributed by atoms with Gasteiger partial charge in [0.05, 0.1) is 28.6 Å². The van der Waals surface area contributed by atoms with E-state index in [9.17, 15) is 4.79 Å². The molecule has 1 N–H and O–H groups in total. The molecule has 2 aromatic heterocycles. The zero-order chi connectivity index (χ0) is 20.2. The number of ether oxygens (including phenoxy) is 1. The lowest BCUT2D eigenvalue weighted by atomic mass is 10.2. The first-order chi connectivity index (χ1) is 14.1. The number of hydrogen-bond acceptors (Lipinski definition) is 6. The summed E-state index contributed by atoms with van der Waals surface area (Å²) in [5, 5.41) is 5.02. The summed E-state index contributed by atoms with van der Waals surface area (Å²) in [6, 6.07) is 15.6. The van der Waals surface area contributed by atoms with Gasteiger partial charge < -0.3 is 14.5 Å². The van der Waals surface area contributed by atoms with Crippen molar-refractivity contribution in [1.82, 2.24) is 10.3 Å². The van der Waals surface area contributed by atoms with Gasteiger partial charge >= 0.3 is 0 Å². The van der Waals surface area contributed by atoms with Gasteiger partial charge in [0, 0.05) is 11.1 Å². The lowest BCUT2D eigenvalue weighted by Gasteiger charge is -2.11. The molecule has 0 saturated carbocycles. The number of fused-ring (bicyclic) bond motifs is 2. The van der Waals surface area contributed by atoms with Crippen molar-refractivity contribution in [3.63, 3.8) is 0 Å². The summed E-state index contributed by atoms with van der Waals surface area (Å²) in [5.41, 5.74) is 1.73. The summed E-state index contributed by atoms with van der Waals surface area (Å²) < 4.78 is 12.8. The Morgan fingerprint density at radius 1 is 1.28 bits per heavy atom. The predicted octanol–water partition coefficient (Wildman–Crippen LogP) is 5.55. The Kier molecular flexibility index (Phi) is 6.06. The highest BCUT2D eigenvalue weighted by atomic mass is 32.2. The first kappa shape index (κ1) is 19.8. The molecule has 0 fully saturated rings. The Hall–Kier alpha value is -2.51. The number of thioether (sulfide) groups is 1. The average molecular weight is 427 g/mol. The van der Waals surface area contributed by atoms with Crippen LogP contribution in [0.2, 0.25) is 0 Å². The van der Waals surface area contributed by atoms with Gasteiger partial charge in [0.1, 0.15) is 10.8 Å². The SMILES string of the molecule is CCOc1cccc2cc(C(C)NC(=O)CSCc3nc4ccccc4s3)oc12. The van der Waals surface area contributed by atoms with Crippen molar-refractivity contribution >= 4 is 50.2 Å². The number of rotatable bonds is 8. The lowest BCUT2D eigenvalue weighted by Crippen LogP contribution is -2.27. The second-order valence-corrected chi connectivity index (χ2v) is 8.71. The zero-order valence-electron chi connectivity index (χ0n) is 16.3. The molecule has 5 nitrogen and oxygen atoms in total. The van der Waals surface area contributed by atoms with Crippen LogP contribution in [0.25, 0.3) is 21.2 Å². The fraction of sp³-hybridized carbons (Fsp3) is 0.273. The minimum absolute atomic E-state index is 0.0194. The van der Waals surface area contributed by atoms with Crippen LogP contribution in [0.4, 0.5) is 0 Å². The molecule has 29 heavy (non-hydrogen) atoms. The molecule has 4 rings (SSSR count). The maximum Gasteiger partial charge on any atom is 0.230 e. The number of para-hydroxylation sites is 2. The van der Waals surface area contributed by atoms with E-state index in [2.05, 4.69) is 16.4 Å². The third kappa shape index (κ3) is 4.57. The number of benzene rings is 2. The van der Waals surface area contributed by atoms with Crippen LogP contribution >= 0.6 is 23.1 Å². The van der Waals surface area contributed by atoms with Gasteiger partial charge in [0.15, 0.2) is 11.3 Å². The van der Waals surface area contributed by atoms with Gasteiger partial charge in [-0.05, 0) is 38.1 Å².